The van der Waals surface area contributed by atoms with Crippen LogP contribution in [0.4, 0.5) is 0 Å². The number of hydrogen-bond acceptors (Lipinski definition) is 4. The molecule has 0 saturated heterocycles. The molecule has 1 N–H and O–H groups in total. The smallest absolute Gasteiger partial charge is 0.194 e. The van der Waals surface area contributed by atoms with E-state index in [-0.39, 0.29) is 5.75 Å². The van der Waals surface area contributed by atoms with Gasteiger partial charge >= 0.3 is 0 Å². The van der Waals surface area contributed by atoms with Gasteiger partial charge in [-0.25, -0.2) is 4.98 Å². The summed E-state index contributed by atoms with van der Waals surface area (Å²) in [7, 11) is 0. The summed E-state index contributed by atoms with van der Waals surface area (Å²) in [5, 5.41) is 9.24. The minimum atomic E-state index is 0.218. The zero-order valence-electron chi connectivity index (χ0n) is 11.6. The van der Waals surface area contributed by atoms with Crippen LogP contribution in [-0.4, -0.2) is 10.1 Å². The SMILES string of the molecule is CCc1nc(-c2ccc(Oc3ccc(O)cc3)cc2)co1. The van der Waals surface area contributed by atoms with Gasteiger partial charge in [-0.15, -0.1) is 0 Å². The van der Waals surface area contributed by atoms with Crippen molar-refractivity contribution >= 4 is 0 Å². The molecule has 0 radical (unpaired) electrons. The van der Waals surface area contributed by atoms with Gasteiger partial charge in [-0.1, -0.05) is 6.92 Å². The van der Waals surface area contributed by atoms with E-state index in [0.717, 1.165) is 29.3 Å². The van der Waals surface area contributed by atoms with Gasteiger partial charge in [0.05, 0.1) is 0 Å². The minimum Gasteiger partial charge on any atom is -0.508 e. The highest BCUT2D eigenvalue weighted by Gasteiger charge is 2.05. The first-order valence-corrected chi connectivity index (χ1v) is 6.76. The molecule has 0 unspecified atom stereocenters. The van der Waals surface area contributed by atoms with Crippen LogP contribution in [0.25, 0.3) is 11.3 Å². The van der Waals surface area contributed by atoms with E-state index < -0.39 is 0 Å². The Hall–Kier alpha value is -2.75. The fourth-order valence-corrected chi connectivity index (χ4v) is 1.95. The zero-order valence-corrected chi connectivity index (χ0v) is 11.6. The van der Waals surface area contributed by atoms with Gasteiger partial charge in [-0.2, -0.15) is 0 Å². The van der Waals surface area contributed by atoms with E-state index in [1.807, 2.05) is 31.2 Å². The average Bonchev–Trinajstić information content (AvgIpc) is 2.99. The molecule has 0 bridgehead atoms. The van der Waals surface area contributed by atoms with Crippen molar-refractivity contribution < 1.29 is 14.3 Å². The molecule has 1 aromatic heterocycles. The maximum atomic E-state index is 9.24. The first-order valence-electron chi connectivity index (χ1n) is 6.76. The number of nitrogens with zero attached hydrogens (tertiary/aromatic N) is 1. The van der Waals surface area contributed by atoms with Crippen LogP contribution in [0.15, 0.2) is 59.2 Å². The van der Waals surface area contributed by atoms with Crippen molar-refractivity contribution in [2.24, 2.45) is 0 Å². The van der Waals surface area contributed by atoms with E-state index in [9.17, 15) is 5.11 Å². The highest BCUT2D eigenvalue weighted by molar-refractivity contribution is 5.59. The fourth-order valence-electron chi connectivity index (χ4n) is 1.95. The summed E-state index contributed by atoms with van der Waals surface area (Å²) < 4.78 is 11.0. The Bertz CT molecular complexity index is 715. The largest absolute Gasteiger partial charge is 0.508 e. The average molecular weight is 281 g/mol. The summed E-state index contributed by atoms with van der Waals surface area (Å²) in [6.45, 7) is 2.00. The maximum absolute atomic E-state index is 9.24. The summed E-state index contributed by atoms with van der Waals surface area (Å²) >= 11 is 0. The lowest BCUT2D eigenvalue weighted by molar-refractivity contribution is 0.464. The Kier molecular flexibility index (Phi) is 3.60. The molecule has 0 saturated carbocycles. The lowest BCUT2D eigenvalue weighted by atomic mass is 10.2. The zero-order chi connectivity index (χ0) is 14.7. The number of oxazole rings is 1. The number of ether oxygens (including phenoxy) is 1. The Labute approximate surface area is 122 Å². The van der Waals surface area contributed by atoms with E-state index in [2.05, 4.69) is 4.98 Å². The molecular weight excluding hydrogens is 266 g/mol. The highest BCUT2D eigenvalue weighted by Crippen LogP contribution is 2.26. The number of aromatic hydroxyl groups is 1. The van der Waals surface area contributed by atoms with Gasteiger partial charge in [-0.05, 0) is 48.5 Å². The predicted octanol–water partition coefficient (Wildman–Crippen LogP) is 4.40. The number of hydrogen-bond donors (Lipinski definition) is 1. The predicted molar refractivity (Wildman–Crippen MR) is 79.5 cm³/mol. The van der Waals surface area contributed by atoms with Crippen LogP contribution in [0.3, 0.4) is 0 Å². The molecule has 106 valence electrons. The first kappa shape index (κ1) is 13.2. The molecule has 0 amide bonds. The van der Waals surface area contributed by atoms with Crippen LogP contribution in [0, 0.1) is 0 Å². The van der Waals surface area contributed by atoms with E-state index in [0.29, 0.717) is 5.75 Å². The highest BCUT2D eigenvalue weighted by atomic mass is 16.5. The molecule has 0 aliphatic carbocycles. The van der Waals surface area contributed by atoms with Gasteiger partial charge in [0.1, 0.15) is 29.2 Å². The minimum absolute atomic E-state index is 0.218. The second-order valence-electron chi connectivity index (χ2n) is 4.60. The summed E-state index contributed by atoms with van der Waals surface area (Å²) in [5.41, 5.74) is 1.81. The maximum Gasteiger partial charge on any atom is 0.194 e. The molecule has 3 aromatic rings. The molecule has 2 aromatic carbocycles. The molecule has 0 spiro atoms. The summed E-state index contributed by atoms with van der Waals surface area (Å²) in [6, 6.07) is 14.2. The summed E-state index contributed by atoms with van der Waals surface area (Å²) in [6.07, 6.45) is 2.44. The lowest BCUT2D eigenvalue weighted by Gasteiger charge is -2.06. The van der Waals surface area contributed by atoms with E-state index >= 15 is 0 Å². The number of phenols is 1. The van der Waals surface area contributed by atoms with Crippen LogP contribution in [0.5, 0.6) is 17.2 Å². The topological polar surface area (TPSA) is 55.5 Å². The number of rotatable bonds is 4. The van der Waals surface area contributed by atoms with Crippen molar-refractivity contribution in [3.63, 3.8) is 0 Å². The first-order chi connectivity index (χ1) is 10.2. The molecule has 1 heterocycles. The van der Waals surface area contributed by atoms with Crippen LogP contribution in [0.2, 0.25) is 0 Å². The molecule has 0 atom stereocenters. The number of phenolic OH excluding ortho intramolecular Hbond substituents is 1. The molecule has 4 nitrogen and oxygen atoms in total. The monoisotopic (exact) mass is 281 g/mol. The van der Waals surface area contributed by atoms with Gasteiger partial charge in [0.25, 0.3) is 0 Å². The van der Waals surface area contributed by atoms with Crippen molar-refractivity contribution in [2.45, 2.75) is 13.3 Å². The summed E-state index contributed by atoms with van der Waals surface area (Å²) in [5.74, 6) is 2.35. The quantitative estimate of drug-likeness (QED) is 0.770. The van der Waals surface area contributed by atoms with Gasteiger partial charge in [0, 0.05) is 12.0 Å². The molecule has 3 rings (SSSR count). The van der Waals surface area contributed by atoms with E-state index in [1.165, 1.54) is 0 Å². The van der Waals surface area contributed by atoms with Gasteiger partial charge < -0.3 is 14.3 Å². The molecule has 0 aliphatic heterocycles. The number of aromatic nitrogens is 1. The second kappa shape index (κ2) is 5.71. The van der Waals surface area contributed by atoms with E-state index in [1.54, 1.807) is 30.5 Å². The van der Waals surface area contributed by atoms with Gasteiger partial charge in [0.2, 0.25) is 0 Å². The van der Waals surface area contributed by atoms with Crippen molar-refractivity contribution in [3.05, 3.63) is 60.7 Å². The summed E-state index contributed by atoms with van der Waals surface area (Å²) in [4.78, 5) is 4.39. The number of benzene rings is 2. The fraction of sp³-hybridized carbons (Fsp3) is 0.118. The standard InChI is InChI=1S/C17H15NO3/c1-2-17-18-16(11-20-17)12-3-7-14(8-4-12)21-15-9-5-13(19)6-10-15/h3-11,19H,2H2,1H3. The third-order valence-electron chi connectivity index (χ3n) is 3.08. The van der Waals surface area contributed by atoms with Crippen molar-refractivity contribution in [1.29, 1.82) is 0 Å². The van der Waals surface area contributed by atoms with Crippen LogP contribution < -0.4 is 4.74 Å². The van der Waals surface area contributed by atoms with Gasteiger partial charge in [-0.3, -0.25) is 0 Å². The van der Waals surface area contributed by atoms with Crippen molar-refractivity contribution in [3.8, 4) is 28.5 Å². The Morgan fingerprint density at radius 3 is 2.19 bits per heavy atom. The molecule has 4 heteroatoms. The van der Waals surface area contributed by atoms with Crippen LogP contribution >= 0.6 is 0 Å². The van der Waals surface area contributed by atoms with E-state index in [4.69, 9.17) is 9.15 Å². The Morgan fingerprint density at radius 2 is 1.62 bits per heavy atom. The third kappa shape index (κ3) is 3.05. The van der Waals surface area contributed by atoms with Crippen LogP contribution in [-0.2, 0) is 6.42 Å². The van der Waals surface area contributed by atoms with Crippen molar-refractivity contribution in [2.75, 3.05) is 0 Å². The molecular formula is C17H15NO3. The Balaban J connectivity index is 1.76. The van der Waals surface area contributed by atoms with Crippen molar-refractivity contribution in [1.82, 2.24) is 4.98 Å². The third-order valence-corrected chi connectivity index (χ3v) is 3.08. The molecule has 0 aliphatic rings. The molecule has 21 heavy (non-hydrogen) atoms. The normalized spacial score (nSPS) is 10.5. The Morgan fingerprint density at radius 1 is 1.00 bits per heavy atom. The lowest BCUT2D eigenvalue weighted by Crippen LogP contribution is -1.85. The number of aryl methyl sites for hydroxylation is 1. The van der Waals surface area contributed by atoms with Gasteiger partial charge in [0.15, 0.2) is 5.89 Å². The molecule has 0 fully saturated rings. The second-order valence-corrected chi connectivity index (χ2v) is 4.60. The van der Waals surface area contributed by atoms with Crippen LogP contribution in [0.1, 0.15) is 12.8 Å².